The Labute approximate surface area is 150 Å². The van der Waals surface area contributed by atoms with Gasteiger partial charge in [-0.2, -0.15) is 0 Å². The third kappa shape index (κ3) is 4.32. The third-order valence-electron chi connectivity index (χ3n) is 3.63. The zero-order valence-corrected chi connectivity index (χ0v) is 14.1. The first-order valence-corrected chi connectivity index (χ1v) is 7.90. The average Bonchev–Trinajstić information content (AvgIpc) is 2.69. The summed E-state index contributed by atoms with van der Waals surface area (Å²) in [5.74, 6) is 0.368. The molecule has 0 unspecified atom stereocenters. The zero-order chi connectivity index (χ0) is 18.4. The van der Waals surface area contributed by atoms with Gasteiger partial charge in [-0.3, -0.25) is 4.79 Å². The summed E-state index contributed by atoms with van der Waals surface area (Å²) >= 11 is 0. The standard InChI is InChI=1S/C19H17FN4O2/c1-26-14-8-6-13(7-9-14)10-23-19(25)17-11-22-18(12-21-17)24-16-5-3-2-4-15(16)20/h2-9,11-12H,10H2,1H3,(H,22,24)(H,23,25). The molecule has 2 aromatic carbocycles. The van der Waals surface area contributed by atoms with E-state index < -0.39 is 5.82 Å². The van der Waals surface area contributed by atoms with Crippen molar-refractivity contribution in [1.82, 2.24) is 15.3 Å². The van der Waals surface area contributed by atoms with Crippen LogP contribution in [-0.2, 0) is 6.54 Å². The van der Waals surface area contributed by atoms with E-state index >= 15 is 0 Å². The van der Waals surface area contributed by atoms with E-state index in [1.54, 1.807) is 25.3 Å². The molecule has 0 radical (unpaired) electrons. The molecule has 0 saturated heterocycles. The van der Waals surface area contributed by atoms with Crippen LogP contribution in [0.2, 0.25) is 0 Å². The van der Waals surface area contributed by atoms with Gasteiger partial charge in [-0.1, -0.05) is 24.3 Å². The van der Waals surface area contributed by atoms with E-state index in [2.05, 4.69) is 20.6 Å². The van der Waals surface area contributed by atoms with Crippen LogP contribution in [0.3, 0.4) is 0 Å². The maximum Gasteiger partial charge on any atom is 0.271 e. The molecule has 0 saturated carbocycles. The largest absolute Gasteiger partial charge is 0.497 e. The van der Waals surface area contributed by atoms with Crippen LogP contribution in [0.1, 0.15) is 16.1 Å². The summed E-state index contributed by atoms with van der Waals surface area (Å²) in [7, 11) is 1.60. The molecule has 0 aliphatic carbocycles. The van der Waals surface area contributed by atoms with Gasteiger partial charge in [0.05, 0.1) is 25.2 Å². The summed E-state index contributed by atoms with van der Waals surface area (Å²) in [6, 6.07) is 13.6. The van der Waals surface area contributed by atoms with E-state index in [4.69, 9.17) is 4.74 Å². The molecule has 0 atom stereocenters. The van der Waals surface area contributed by atoms with Crippen molar-refractivity contribution in [2.75, 3.05) is 12.4 Å². The first kappa shape index (κ1) is 17.3. The van der Waals surface area contributed by atoms with Crippen LogP contribution in [0, 0.1) is 5.82 Å². The third-order valence-corrected chi connectivity index (χ3v) is 3.63. The molecule has 3 aromatic rings. The van der Waals surface area contributed by atoms with Crippen molar-refractivity contribution >= 4 is 17.4 Å². The summed E-state index contributed by atoms with van der Waals surface area (Å²) in [6.45, 7) is 0.361. The molecule has 7 heteroatoms. The Hall–Kier alpha value is -3.48. The summed E-state index contributed by atoms with van der Waals surface area (Å²) in [5, 5.41) is 5.58. The molecule has 1 heterocycles. The Bertz CT molecular complexity index is 883. The van der Waals surface area contributed by atoms with Gasteiger partial charge >= 0.3 is 0 Å². The first-order valence-electron chi connectivity index (χ1n) is 7.90. The highest BCUT2D eigenvalue weighted by Gasteiger charge is 2.09. The van der Waals surface area contributed by atoms with Crippen molar-refractivity contribution in [2.24, 2.45) is 0 Å². The Morgan fingerprint density at radius 3 is 2.50 bits per heavy atom. The van der Waals surface area contributed by atoms with Crippen LogP contribution in [0.4, 0.5) is 15.9 Å². The van der Waals surface area contributed by atoms with Gasteiger partial charge in [0, 0.05) is 6.54 Å². The highest BCUT2D eigenvalue weighted by atomic mass is 19.1. The smallest absolute Gasteiger partial charge is 0.271 e. The van der Waals surface area contributed by atoms with Crippen LogP contribution >= 0.6 is 0 Å². The highest BCUT2D eigenvalue weighted by molar-refractivity contribution is 5.92. The number of rotatable bonds is 6. The first-order chi connectivity index (χ1) is 12.7. The van der Waals surface area contributed by atoms with Crippen molar-refractivity contribution in [1.29, 1.82) is 0 Å². The van der Waals surface area contributed by atoms with Gasteiger partial charge in [0.1, 0.15) is 23.1 Å². The quantitative estimate of drug-likeness (QED) is 0.712. The molecule has 2 N–H and O–H groups in total. The maximum absolute atomic E-state index is 13.6. The maximum atomic E-state index is 13.6. The van der Waals surface area contributed by atoms with Gasteiger partial charge < -0.3 is 15.4 Å². The summed E-state index contributed by atoms with van der Waals surface area (Å²) in [4.78, 5) is 20.3. The summed E-state index contributed by atoms with van der Waals surface area (Å²) in [6.07, 6.45) is 2.72. The number of methoxy groups -OCH3 is 1. The fourth-order valence-electron chi connectivity index (χ4n) is 2.23. The number of hydrogen-bond donors (Lipinski definition) is 2. The topological polar surface area (TPSA) is 76.1 Å². The van der Waals surface area contributed by atoms with E-state index in [1.807, 2.05) is 24.3 Å². The van der Waals surface area contributed by atoms with E-state index in [1.165, 1.54) is 18.5 Å². The van der Waals surface area contributed by atoms with Gasteiger partial charge in [-0.25, -0.2) is 14.4 Å². The molecule has 3 rings (SSSR count). The van der Waals surface area contributed by atoms with Gasteiger partial charge in [0.25, 0.3) is 5.91 Å². The Morgan fingerprint density at radius 2 is 1.85 bits per heavy atom. The number of anilines is 2. The normalized spacial score (nSPS) is 10.2. The zero-order valence-electron chi connectivity index (χ0n) is 14.1. The number of nitrogens with zero attached hydrogens (tertiary/aromatic N) is 2. The fourth-order valence-corrected chi connectivity index (χ4v) is 2.23. The van der Waals surface area contributed by atoms with Gasteiger partial charge in [0.15, 0.2) is 0 Å². The molecule has 6 nitrogen and oxygen atoms in total. The number of hydrogen-bond acceptors (Lipinski definition) is 5. The molecule has 1 amide bonds. The SMILES string of the molecule is COc1ccc(CNC(=O)c2cnc(Nc3ccccc3F)cn2)cc1. The highest BCUT2D eigenvalue weighted by Crippen LogP contribution is 2.17. The van der Waals surface area contributed by atoms with Crippen molar-refractivity contribution in [2.45, 2.75) is 6.54 Å². The lowest BCUT2D eigenvalue weighted by atomic mass is 10.2. The fraction of sp³-hybridized carbons (Fsp3) is 0.105. The van der Waals surface area contributed by atoms with E-state index in [0.717, 1.165) is 11.3 Å². The number of ether oxygens (including phenoxy) is 1. The number of amides is 1. The molecular weight excluding hydrogens is 335 g/mol. The van der Waals surface area contributed by atoms with E-state index in [-0.39, 0.29) is 11.6 Å². The van der Waals surface area contributed by atoms with Crippen molar-refractivity contribution in [3.05, 3.63) is 78.0 Å². The lowest BCUT2D eigenvalue weighted by Gasteiger charge is -2.08. The van der Waals surface area contributed by atoms with Crippen molar-refractivity contribution < 1.29 is 13.9 Å². The number of aromatic nitrogens is 2. The molecule has 1 aromatic heterocycles. The second-order valence-electron chi connectivity index (χ2n) is 5.42. The number of carbonyl (C=O) groups is 1. The Balaban J connectivity index is 1.58. The molecule has 0 fully saturated rings. The van der Waals surface area contributed by atoms with Gasteiger partial charge in [-0.05, 0) is 29.8 Å². The Morgan fingerprint density at radius 1 is 1.08 bits per heavy atom. The minimum Gasteiger partial charge on any atom is -0.497 e. The summed E-state index contributed by atoms with van der Waals surface area (Å²) < 4.78 is 18.7. The lowest BCUT2D eigenvalue weighted by molar-refractivity contribution is 0.0945. The second kappa shape index (κ2) is 8.06. The molecule has 0 bridgehead atoms. The Kier molecular flexibility index (Phi) is 5.38. The van der Waals surface area contributed by atoms with Crippen LogP contribution < -0.4 is 15.4 Å². The molecule has 0 aliphatic heterocycles. The monoisotopic (exact) mass is 352 g/mol. The van der Waals surface area contributed by atoms with E-state index in [9.17, 15) is 9.18 Å². The minimum absolute atomic E-state index is 0.178. The molecule has 132 valence electrons. The van der Waals surface area contributed by atoms with Crippen molar-refractivity contribution in [3.8, 4) is 5.75 Å². The predicted octanol–water partition coefficient (Wildman–Crippen LogP) is 3.30. The summed E-state index contributed by atoms with van der Waals surface area (Å²) in [5.41, 5.74) is 1.40. The molecule has 0 aliphatic rings. The number of benzene rings is 2. The molecule has 0 spiro atoms. The minimum atomic E-state index is -0.393. The number of carbonyl (C=O) groups excluding carboxylic acids is 1. The average molecular weight is 352 g/mol. The predicted molar refractivity (Wildman–Crippen MR) is 95.9 cm³/mol. The van der Waals surface area contributed by atoms with Gasteiger partial charge in [0.2, 0.25) is 0 Å². The number of halogens is 1. The van der Waals surface area contributed by atoms with E-state index in [0.29, 0.717) is 18.1 Å². The van der Waals surface area contributed by atoms with Crippen molar-refractivity contribution in [3.63, 3.8) is 0 Å². The molecule has 26 heavy (non-hydrogen) atoms. The van der Waals surface area contributed by atoms with Gasteiger partial charge in [-0.15, -0.1) is 0 Å². The second-order valence-corrected chi connectivity index (χ2v) is 5.42. The number of para-hydroxylation sites is 1. The number of nitrogens with one attached hydrogen (secondary N) is 2. The van der Waals surface area contributed by atoms with Crippen LogP contribution in [0.5, 0.6) is 5.75 Å². The van der Waals surface area contributed by atoms with Crippen LogP contribution in [0.25, 0.3) is 0 Å². The van der Waals surface area contributed by atoms with Crippen LogP contribution in [-0.4, -0.2) is 23.0 Å². The van der Waals surface area contributed by atoms with Crippen LogP contribution in [0.15, 0.2) is 60.9 Å². The molecular formula is C19H17FN4O2. The lowest BCUT2D eigenvalue weighted by Crippen LogP contribution is -2.24.